The number of carbonyl (C=O) groups is 1. The summed E-state index contributed by atoms with van der Waals surface area (Å²) in [5.74, 6) is 0.554. The summed E-state index contributed by atoms with van der Waals surface area (Å²) in [5.41, 5.74) is 1.82. The van der Waals surface area contributed by atoms with Crippen LogP contribution in [0.1, 0.15) is 29.3 Å². The van der Waals surface area contributed by atoms with Gasteiger partial charge in [0, 0.05) is 11.6 Å². The number of aryl methyl sites for hydroxylation is 1. The van der Waals surface area contributed by atoms with Crippen LogP contribution in [-0.2, 0) is 0 Å². The Morgan fingerprint density at radius 2 is 2.18 bits per heavy atom. The average Bonchev–Trinajstić information content (AvgIpc) is 2.32. The summed E-state index contributed by atoms with van der Waals surface area (Å²) < 4.78 is 0. The molecule has 0 unspecified atom stereocenters. The molecular formula is C14H20N2O. The molecular weight excluding hydrogens is 212 g/mol. The fourth-order valence-electron chi connectivity index (χ4n) is 2.30. The first kappa shape index (κ1) is 12.1. The maximum Gasteiger partial charge on any atom is 0.251 e. The van der Waals surface area contributed by atoms with Crippen molar-refractivity contribution in [3.63, 3.8) is 0 Å². The monoisotopic (exact) mass is 232 g/mol. The van der Waals surface area contributed by atoms with Crippen LogP contribution in [-0.4, -0.2) is 25.0 Å². The van der Waals surface area contributed by atoms with E-state index < -0.39 is 0 Å². The lowest BCUT2D eigenvalue weighted by molar-refractivity contribution is 0.0913. The van der Waals surface area contributed by atoms with Gasteiger partial charge < -0.3 is 10.6 Å². The van der Waals surface area contributed by atoms with E-state index >= 15 is 0 Å². The SMILES string of the molecule is Cc1ccccc1C(=O)N[C@@H]1CCNC[C@H]1C. The minimum Gasteiger partial charge on any atom is -0.349 e. The molecule has 92 valence electrons. The number of nitrogens with one attached hydrogen (secondary N) is 2. The number of piperidine rings is 1. The number of carbonyl (C=O) groups excluding carboxylic acids is 1. The highest BCUT2D eigenvalue weighted by atomic mass is 16.1. The van der Waals surface area contributed by atoms with Gasteiger partial charge in [-0.15, -0.1) is 0 Å². The van der Waals surface area contributed by atoms with Crippen molar-refractivity contribution in [1.29, 1.82) is 0 Å². The lowest BCUT2D eigenvalue weighted by atomic mass is 9.95. The zero-order valence-electron chi connectivity index (χ0n) is 10.5. The van der Waals surface area contributed by atoms with Crippen LogP contribution in [0.2, 0.25) is 0 Å². The molecule has 17 heavy (non-hydrogen) atoms. The third-order valence-corrected chi connectivity index (χ3v) is 3.49. The summed E-state index contributed by atoms with van der Waals surface area (Å²) in [7, 11) is 0. The summed E-state index contributed by atoms with van der Waals surface area (Å²) >= 11 is 0. The molecule has 1 amide bonds. The van der Waals surface area contributed by atoms with Gasteiger partial charge in [0.05, 0.1) is 0 Å². The van der Waals surface area contributed by atoms with Crippen LogP contribution < -0.4 is 10.6 Å². The average molecular weight is 232 g/mol. The van der Waals surface area contributed by atoms with Crippen LogP contribution in [0.4, 0.5) is 0 Å². The second-order valence-electron chi connectivity index (χ2n) is 4.86. The molecule has 1 fully saturated rings. The van der Waals surface area contributed by atoms with Crippen LogP contribution in [0.3, 0.4) is 0 Å². The van der Waals surface area contributed by atoms with Gasteiger partial charge in [-0.3, -0.25) is 4.79 Å². The molecule has 2 N–H and O–H groups in total. The predicted molar refractivity (Wildman–Crippen MR) is 69.1 cm³/mol. The van der Waals surface area contributed by atoms with Crippen molar-refractivity contribution in [2.75, 3.05) is 13.1 Å². The molecule has 3 nitrogen and oxygen atoms in total. The van der Waals surface area contributed by atoms with Gasteiger partial charge in [-0.25, -0.2) is 0 Å². The van der Waals surface area contributed by atoms with Crippen molar-refractivity contribution >= 4 is 5.91 Å². The largest absolute Gasteiger partial charge is 0.349 e. The Morgan fingerprint density at radius 1 is 1.41 bits per heavy atom. The molecule has 0 aromatic heterocycles. The second kappa shape index (κ2) is 5.32. The van der Waals surface area contributed by atoms with Crippen LogP contribution >= 0.6 is 0 Å². The van der Waals surface area contributed by atoms with Gasteiger partial charge in [0.1, 0.15) is 0 Å². The Hall–Kier alpha value is -1.35. The van der Waals surface area contributed by atoms with Gasteiger partial charge in [0.2, 0.25) is 0 Å². The van der Waals surface area contributed by atoms with Gasteiger partial charge >= 0.3 is 0 Å². The molecule has 0 bridgehead atoms. The van der Waals surface area contributed by atoms with Crippen molar-refractivity contribution in [3.05, 3.63) is 35.4 Å². The number of hydrogen-bond donors (Lipinski definition) is 2. The van der Waals surface area contributed by atoms with E-state index in [1.54, 1.807) is 0 Å². The number of benzene rings is 1. The van der Waals surface area contributed by atoms with Crippen molar-refractivity contribution in [2.24, 2.45) is 5.92 Å². The zero-order valence-corrected chi connectivity index (χ0v) is 10.5. The Morgan fingerprint density at radius 3 is 2.88 bits per heavy atom. The first-order valence-corrected chi connectivity index (χ1v) is 6.25. The fourth-order valence-corrected chi connectivity index (χ4v) is 2.30. The standard InChI is InChI=1S/C14H20N2O/c1-10-5-3-4-6-12(10)14(17)16-13-7-8-15-9-11(13)2/h3-6,11,13,15H,7-9H2,1-2H3,(H,16,17)/t11-,13-/m1/s1. The van der Waals surface area contributed by atoms with Crippen molar-refractivity contribution < 1.29 is 4.79 Å². The summed E-state index contributed by atoms with van der Waals surface area (Å²) in [4.78, 5) is 12.1. The molecule has 1 aliphatic rings. The van der Waals surface area contributed by atoms with Gasteiger partial charge in [-0.05, 0) is 44.0 Å². The predicted octanol–water partition coefficient (Wildman–Crippen LogP) is 1.72. The third-order valence-electron chi connectivity index (χ3n) is 3.49. The summed E-state index contributed by atoms with van der Waals surface area (Å²) in [5, 5.41) is 6.48. The lowest BCUT2D eigenvalue weighted by Crippen LogP contribution is -2.48. The third kappa shape index (κ3) is 2.86. The highest BCUT2D eigenvalue weighted by Crippen LogP contribution is 2.13. The van der Waals surface area contributed by atoms with E-state index in [4.69, 9.17) is 0 Å². The highest BCUT2D eigenvalue weighted by molar-refractivity contribution is 5.95. The Kier molecular flexibility index (Phi) is 3.79. The van der Waals surface area contributed by atoms with E-state index in [1.807, 2.05) is 31.2 Å². The zero-order chi connectivity index (χ0) is 12.3. The van der Waals surface area contributed by atoms with Gasteiger partial charge in [-0.1, -0.05) is 25.1 Å². The molecule has 1 saturated heterocycles. The summed E-state index contributed by atoms with van der Waals surface area (Å²) in [6.07, 6.45) is 1.01. The normalized spacial score (nSPS) is 24.4. The maximum atomic E-state index is 12.1. The van der Waals surface area contributed by atoms with Gasteiger partial charge in [0.15, 0.2) is 0 Å². The van der Waals surface area contributed by atoms with E-state index in [0.29, 0.717) is 12.0 Å². The van der Waals surface area contributed by atoms with E-state index in [2.05, 4.69) is 17.6 Å². The van der Waals surface area contributed by atoms with Crippen LogP contribution in [0.15, 0.2) is 24.3 Å². The fraction of sp³-hybridized carbons (Fsp3) is 0.500. The molecule has 1 aromatic carbocycles. The molecule has 0 spiro atoms. The van der Waals surface area contributed by atoms with Gasteiger partial charge in [-0.2, -0.15) is 0 Å². The molecule has 2 atom stereocenters. The molecule has 3 heteroatoms. The van der Waals surface area contributed by atoms with Crippen LogP contribution in [0.5, 0.6) is 0 Å². The lowest BCUT2D eigenvalue weighted by Gasteiger charge is -2.30. The minimum atomic E-state index is 0.0573. The molecule has 0 aliphatic carbocycles. The Balaban J connectivity index is 2.04. The van der Waals surface area contributed by atoms with E-state index in [-0.39, 0.29) is 5.91 Å². The van der Waals surface area contributed by atoms with Crippen molar-refractivity contribution in [2.45, 2.75) is 26.3 Å². The van der Waals surface area contributed by atoms with Crippen LogP contribution in [0.25, 0.3) is 0 Å². The number of hydrogen-bond acceptors (Lipinski definition) is 2. The van der Waals surface area contributed by atoms with E-state index in [0.717, 1.165) is 30.6 Å². The molecule has 0 radical (unpaired) electrons. The highest BCUT2D eigenvalue weighted by Gasteiger charge is 2.23. The minimum absolute atomic E-state index is 0.0573. The van der Waals surface area contributed by atoms with Gasteiger partial charge in [0.25, 0.3) is 5.91 Å². The summed E-state index contributed by atoms with van der Waals surface area (Å²) in [6.45, 7) is 6.12. The topological polar surface area (TPSA) is 41.1 Å². The number of rotatable bonds is 2. The first-order chi connectivity index (χ1) is 8.18. The Bertz CT molecular complexity index is 403. The molecule has 1 aromatic rings. The molecule has 1 heterocycles. The summed E-state index contributed by atoms with van der Waals surface area (Å²) in [6, 6.07) is 8.02. The van der Waals surface area contributed by atoms with Crippen molar-refractivity contribution in [3.8, 4) is 0 Å². The maximum absolute atomic E-state index is 12.1. The Labute approximate surface area is 103 Å². The second-order valence-corrected chi connectivity index (χ2v) is 4.86. The van der Waals surface area contributed by atoms with E-state index in [9.17, 15) is 4.79 Å². The van der Waals surface area contributed by atoms with Crippen LogP contribution in [0, 0.1) is 12.8 Å². The van der Waals surface area contributed by atoms with E-state index in [1.165, 1.54) is 0 Å². The molecule has 0 saturated carbocycles. The molecule has 1 aliphatic heterocycles. The quantitative estimate of drug-likeness (QED) is 0.815. The molecule has 2 rings (SSSR count). The smallest absolute Gasteiger partial charge is 0.251 e. The first-order valence-electron chi connectivity index (χ1n) is 6.25. The van der Waals surface area contributed by atoms with Crippen molar-refractivity contribution in [1.82, 2.24) is 10.6 Å². The number of amides is 1.